The van der Waals surface area contributed by atoms with Crippen LogP contribution in [0.5, 0.6) is 0 Å². The van der Waals surface area contributed by atoms with Gasteiger partial charge in [-0.05, 0) is 60.6 Å². The molecule has 5 nitrogen and oxygen atoms in total. The number of benzene rings is 2. The topological polar surface area (TPSA) is 75.3 Å². The fraction of sp³-hybridized carbons (Fsp3) is 0.409. The van der Waals surface area contributed by atoms with Crippen molar-refractivity contribution in [2.75, 3.05) is 11.3 Å². The highest BCUT2D eigenvalue weighted by molar-refractivity contribution is 7.92. The molecule has 0 atom stereocenters. The summed E-state index contributed by atoms with van der Waals surface area (Å²) in [6.45, 7) is 6.82. The molecule has 0 unspecified atom stereocenters. The molecule has 1 saturated carbocycles. The van der Waals surface area contributed by atoms with E-state index in [4.69, 9.17) is 0 Å². The van der Waals surface area contributed by atoms with Gasteiger partial charge in [0.2, 0.25) is 5.91 Å². The van der Waals surface area contributed by atoms with E-state index in [1.165, 1.54) is 0 Å². The Hall–Kier alpha value is -2.34. The molecule has 0 spiro atoms. The lowest BCUT2D eigenvalue weighted by atomic mass is 9.94. The van der Waals surface area contributed by atoms with Crippen molar-refractivity contribution >= 4 is 21.6 Å². The van der Waals surface area contributed by atoms with Crippen LogP contribution in [0.25, 0.3) is 0 Å². The van der Waals surface area contributed by atoms with Gasteiger partial charge in [0.1, 0.15) is 0 Å². The van der Waals surface area contributed by atoms with Gasteiger partial charge in [0.25, 0.3) is 10.0 Å². The number of nitrogens with one attached hydrogen (secondary N) is 2. The molecule has 28 heavy (non-hydrogen) atoms. The second-order valence-electron chi connectivity index (χ2n) is 7.87. The second kappa shape index (κ2) is 7.95. The highest BCUT2D eigenvalue weighted by Gasteiger charge is 2.51. The monoisotopic (exact) mass is 400 g/mol. The summed E-state index contributed by atoms with van der Waals surface area (Å²) in [7, 11) is -3.63. The van der Waals surface area contributed by atoms with Gasteiger partial charge in [-0.15, -0.1) is 0 Å². The molecule has 2 aromatic carbocycles. The van der Waals surface area contributed by atoms with Crippen molar-refractivity contribution in [2.24, 2.45) is 5.92 Å². The van der Waals surface area contributed by atoms with E-state index < -0.39 is 15.4 Å². The number of carbonyl (C=O) groups is 1. The number of amides is 1. The van der Waals surface area contributed by atoms with Crippen molar-refractivity contribution in [2.45, 2.75) is 50.3 Å². The molecule has 0 radical (unpaired) electrons. The summed E-state index contributed by atoms with van der Waals surface area (Å²) in [5.41, 5.74) is 2.06. The Kier molecular flexibility index (Phi) is 5.79. The van der Waals surface area contributed by atoms with Gasteiger partial charge < -0.3 is 5.32 Å². The van der Waals surface area contributed by atoms with Crippen LogP contribution in [-0.4, -0.2) is 20.9 Å². The minimum absolute atomic E-state index is 0.0607. The van der Waals surface area contributed by atoms with Crippen LogP contribution in [0.4, 0.5) is 5.69 Å². The Morgan fingerprint density at radius 3 is 2.14 bits per heavy atom. The molecular formula is C22H28N2O3S. The molecule has 1 aliphatic rings. The van der Waals surface area contributed by atoms with E-state index in [0.717, 1.165) is 30.4 Å². The first-order chi connectivity index (χ1) is 13.3. The zero-order valence-electron chi connectivity index (χ0n) is 16.7. The molecule has 0 aliphatic heterocycles. The maximum Gasteiger partial charge on any atom is 0.261 e. The molecule has 150 valence electrons. The number of anilines is 1. The lowest BCUT2D eigenvalue weighted by molar-refractivity contribution is -0.123. The first-order valence-electron chi connectivity index (χ1n) is 9.77. The van der Waals surface area contributed by atoms with Gasteiger partial charge >= 0.3 is 0 Å². The molecule has 0 aromatic heterocycles. The van der Waals surface area contributed by atoms with Crippen LogP contribution in [0, 0.1) is 5.92 Å². The highest BCUT2D eigenvalue weighted by atomic mass is 32.2. The quantitative estimate of drug-likeness (QED) is 0.707. The average molecular weight is 401 g/mol. The van der Waals surface area contributed by atoms with Gasteiger partial charge in [-0.2, -0.15) is 0 Å². The summed E-state index contributed by atoms with van der Waals surface area (Å²) in [5, 5.41) is 3.02. The number of rotatable bonds is 8. The number of aryl methyl sites for hydroxylation is 1. The average Bonchev–Trinajstić information content (AvgIpc) is 3.48. The van der Waals surface area contributed by atoms with Crippen LogP contribution in [0.2, 0.25) is 0 Å². The van der Waals surface area contributed by atoms with E-state index in [9.17, 15) is 13.2 Å². The van der Waals surface area contributed by atoms with Crippen LogP contribution in [-0.2, 0) is 26.7 Å². The third-order valence-corrected chi connectivity index (χ3v) is 6.58. The van der Waals surface area contributed by atoms with E-state index in [1.54, 1.807) is 24.3 Å². The minimum Gasteiger partial charge on any atom is -0.355 e. The Bertz CT molecular complexity index is 929. The van der Waals surface area contributed by atoms with Gasteiger partial charge in [0, 0.05) is 12.2 Å². The summed E-state index contributed by atoms with van der Waals surface area (Å²) in [4.78, 5) is 12.8. The van der Waals surface area contributed by atoms with Crippen molar-refractivity contribution in [3.63, 3.8) is 0 Å². The standard InChI is InChI=1S/C22H28N2O3S/c1-4-17-5-11-20(12-6-17)28(26,27)24-19-9-7-18(8-10-19)22(13-14-22)21(25)23-15-16(2)3/h5-12,16,24H,4,13-15H2,1-3H3,(H,23,25). The maximum absolute atomic E-state index is 12.6. The molecule has 0 heterocycles. The normalized spacial score (nSPS) is 15.3. The largest absolute Gasteiger partial charge is 0.355 e. The van der Waals surface area contributed by atoms with E-state index in [2.05, 4.69) is 23.9 Å². The zero-order chi connectivity index (χ0) is 20.4. The third-order valence-electron chi connectivity index (χ3n) is 5.19. The molecule has 1 amide bonds. The molecule has 0 saturated heterocycles. The first-order valence-corrected chi connectivity index (χ1v) is 11.3. The Labute approximate surface area is 167 Å². The van der Waals surface area contributed by atoms with Gasteiger partial charge in [-0.1, -0.05) is 45.0 Å². The molecule has 6 heteroatoms. The number of hydrogen-bond acceptors (Lipinski definition) is 3. The molecule has 2 aromatic rings. The fourth-order valence-corrected chi connectivity index (χ4v) is 4.27. The lowest BCUT2D eigenvalue weighted by Crippen LogP contribution is -2.36. The smallest absolute Gasteiger partial charge is 0.261 e. The molecule has 1 fully saturated rings. The fourth-order valence-electron chi connectivity index (χ4n) is 3.21. The predicted octanol–water partition coefficient (Wildman–Crippen LogP) is 3.85. The summed E-state index contributed by atoms with van der Waals surface area (Å²) >= 11 is 0. The van der Waals surface area contributed by atoms with Gasteiger partial charge in [-0.25, -0.2) is 8.42 Å². The third kappa shape index (κ3) is 4.38. The summed E-state index contributed by atoms with van der Waals surface area (Å²) in [6.07, 6.45) is 2.51. The van der Waals surface area contributed by atoms with Crippen LogP contribution >= 0.6 is 0 Å². The maximum atomic E-state index is 12.6. The summed E-state index contributed by atoms with van der Waals surface area (Å²) in [5.74, 6) is 0.466. The van der Waals surface area contributed by atoms with E-state index in [-0.39, 0.29) is 10.8 Å². The van der Waals surface area contributed by atoms with Crippen molar-refractivity contribution in [1.29, 1.82) is 0 Å². The van der Waals surface area contributed by atoms with E-state index in [1.807, 2.05) is 31.2 Å². The van der Waals surface area contributed by atoms with Crippen molar-refractivity contribution in [3.8, 4) is 0 Å². The van der Waals surface area contributed by atoms with Gasteiger partial charge in [0.05, 0.1) is 10.3 Å². The van der Waals surface area contributed by atoms with Crippen LogP contribution in [0.15, 0.2) is 53.4 Å². The lowest BCUT2D eigenvalue weighted by Gasteiger charge is -2.17. The number of carbonyl (C=O) groups excluding carboxylic acids is 1. The summed E-state index contributed by atoms with van der Waals surface area (Å²) in [6, 6.07) is 14.0. The van der Waals surface area contributed by atoms with E-state index >= 15 is 0 Å². The predicted molar refractivity (Wildman–Crippen MR) is 112 cm³/mol. The molecule has 0 bridgehead atoms. The first kappa shape index (κ1) is 20.4. The van der Waals surface area contributed by atoms with Crippen molar-refractivity contribution < 1.29 is 13.2 Å². The van der Waals surface area contributed by atoms with E-state index in [0.29, 0.717) is 18.2 Å². The SMILES string of the molecule is CCc1ccc(S(=O)(=O)Nc2ccc(C3(C(=O)NCC(C)C)CC3)cc2)cc1. The number of sulfonamides is 1. The molecule has 2 N–H and O–H groups in total. The molecular weight excluding hydrogens is 372 g/mol. The van der Waals surface area contributed by atoms with Gasteiger partial charge in [-0.3, -0.25) is 9.52 Å². The highest BCUT2D eigenvalue weighted by Crippen LogP contribution is 2.48. The Balaban J connectivity index is 1.71. The van der Waals surface area contributed by atoms with Crippen LogP contribution in [0.3, 0.4) is 0 Å². The van der Waals surface area contributed by atoms with Crippen LogP contribution in [0.1, 0.15) is 44.7 Å². The zero-order valence-corrected chi connectivity index (χ0v) is 17.5. The number of hydrogen-bond donors (Lipinski definition) is 2. The Morgan fingerprint density at radius 2 is 1.64 bits per heavy atom. The van der Waals surface area contributed by atoms with Crippen LogP contribution < -0.4 is 10.0 Å². The van der Waals surface area contributed by atoms with Crippen molar-refractivity contribution in [3.05, 3.63) is 59.7 Å². The summed E-state index contributed by atoms with van der Waals surface area (Å²) < 4.78 is 27.8. The molecule has 1 aliphatic carbocycles. The van der Waals surface area contributed by atoms with Gasteiger partial charge in [0.15, 0.2) is 0 Å². The minimum atomic E-state index is -3.63. The molecule has 3 rings (SSSR count). The second-order valence-corrected chi connectivity index (χ2v) is 9.55. The van der Waals surface area contributed by atoms with Crippen molar-refractivity contribution in [1.82, 2.24) is 5.32 Å². The Morgan fingerprint density at radius 1 is 1.04 bits per heavy atom.